The van der Waals surface area contributed by atoms with E-state index < -0.39 is 24.6 Å². The summed E-state index contributed by atoms with van der Waals surface area (Å²) in [5.41, 5.74) is 5.48. The van der Waals surface area contributed by atoms with Crippen molar-refractivity contribution in [3.63, 3.8) is 0 Å². The lowest BCUT2D eigenvalue weighted by Crippen LogP contribution is -2.20. The summed E-state index contributed by atoms with van der Waals surface area (Å²) in [5, 5.41) is 2.63. The fourth-order valence-corrected chi connectivity index (χ4v) is 2.04. The van der Waals surface area contributed by atoms with Crippen molar-refractivity contribution >= 4 is 29.1 Å². The standard InChI is InChI=1S/C16H12ClF3N2O3/c17-11-5-6-13(25-8-16(18,19)20)12(7-11)22-15(24)10-3-1-9(2-4-10)14(21)23/h1-7H,8H2,(H2,21,23)(H,22,24). The second kappa shape index (κ2) is 7.43. The molecule has 0 heterocycles. The van der Waals surface area contributed by atoms with Crippen LogP contribution >= 0.6 is 11.6 Å². The third-order valence-corrected chi connectivity index (χ3v) is 3.25. The molecule has 0 radical (unpaired) electrons. The van der Waals surface area contributed by atoms with E-state index in [1.807, 2.05) is 0 Å². The van der Waals surface area contributed by atoms with Crippen LogP contribution in [0.5, 0.6) is 5.75 Å². The molecule has 25 heavy (non-hydrogen) atoms. The van der Waals surface area contributed by atoms with Crippen molar-refractivity contribution in [3.05, 3.63) is 58.6 Å². The number of halogens is 4. The summed E-state index contributed by atoms with van der Waals surface area (Å²) in [5.74, 6) is -1.44. The van der Waals surface area contributed by atoms with Crippen molar-refractivity contribution in [2.24, 2.45) is 5.73 Å². The molecule has 2 aromatic carbocycles. The first-order valence-electron chi connectivity index (χ1n) is 6.86. The van der Waals surface area contributed by atoms with Gasteiger partial charge >= 0.3 is 6.18 Å². The van der Waals surface area contributed by atoms with Gasteiger partial charge in [0.1, 0.15) is 5.75 Å². The zero-order valence-corrected chi connectivity index (χ0v) is 13.3. The Labute approximate surface area is 145 Å². The van der Waals surface area contributed by atoms with Gasteiger partial charge in [-0.1, -0.05) is 11.6 Å². The molecular formula is C16H12ClF3N2O3. The third-order valence-electron chi connectivity index (χ3n) is 3.01. The normalized spacial score (nSPS) is 11.0. The van der Waals surface area contributed by atoms with Crippen molar-refractivity contribution in [1.82, 2.24) is 0 Å². The van der Waals surface area contributed by atoms with Gasteiger partial charge in [-0.15, -0.1) is 0 Å². The Bertz CT molecular complexity index is 792. The van der Waals surface area contributed by atoms with Gasteiger partial charge < -0.3 is 15.8 Å². The zero-order chi connectivity index (χ0) is 18.6. The highest BCUT2D eigenvalue weighted by molar-refractivity contribution is 6.31. The number of hydrogen-bond donors (Lipinski definition) is 2. The lowest BCUT2D eigenvalue weighted by atomic mass is 10.1. The molecule has 2 amide bonds. The van der Waals surface area contributed by atoms with E-state index in [1.54, 1.807) is 0 Å². The number of carbonyl (C=O) groups excluding carboxylic acids is 2. The maximum absolute atomic E-state index is 12.3. The monoisotopic (exact) mass is 372 g/mol. The van der Waals surface area contributed by atoms with Crippen LogP contribution in [0.3, 0.4) is 0 Å². The van der Waals surface area contributed by atoms with Crippen LogP contribution in [0, 0.1) is 0 Å². The molecule has 0 aromatic heterocycles. The number of ether oxygens (including phenoxy) is 1. The Morgan fingerprint density at radius 2 is 1.68 bits per heavy atom. The highest BCUT2D eigenvalue weighted by atomic mass is 35.5. The minimum absolute atomic E-state index is 0.0132. The van der Waals surface area contributed by atoms with E-state index in [1.165, 1.54) is 42.5 Å². The Kier molecular flexibility index (Phi) is 5.53. The Balaban J connectivity index is 2.19. The second-order valence-electron chi connectivity index (χ2n) is 4.94. The Morgan fingerprint density at radius 1 is 1.08 bits per heavy atom. The first kappa shape index (κ1) is 18.6. The predicted octanol–water partition coefficient (Wildman–Crippen LogP) is 3.63. The number of benzene rings is 2. The SMILES string of the molecule is NC(=O)c1ccc(C(=O)Nc2cc(Cl)ccc2OCC(F)(F)F)cc1. The van der Waals surface area contributed by atoms with Crippen molar-refractivity contribution in [2.45, 2.75) is 6.18 Å². The molecule has 0 saturated carbocycles. The first-order chi connectivity index (χ1) is 11.7. The molecule has 5 nitrogen and oxygen atoms in total. The number of nitrogens with one attached hydrogen (secondary N) is 1. The van der Waals surface area contributed by atoms with E-state index in [0.29, 0.717) is 0 Å². The predicted molar refractivity (Wildman–Crippen MR) is 85.9 cm³/mol. The molecule has 2 rings (SSSR count). The van der Waals surface area contributed by atoms with Crippen LogP contribution in [-0.4, -0.2) is 24.6 Å². The number of primary amides is 1. The van der Waals surface area contributed by atoms with Gasteiger partial charge in [0, 0.05) is 16.1 Å². The molecule has 0 aliphatic heterocycles. The number of alkyl halides is 3. The quantitative estimate of drug-likeness (QED) is 0.840. The van der Waals surface area contributed by atoms with Crippen LogP contribution in [0.1, 0.15) is 20.7 Å². The van der Waals surface area contributed by atoms with Gasteiger partial charge in [0.25, 0.3) is 5.91 Å². The molecule has 0 fully saturated rings. The molecule has 0 aliphatic carbocycles. The Hall–Kier alpha value is -2.74. The third kappa shape index (κ3) is 5.39. The van der Waals surface area contributed by atoms with Gasteiger partial charge in [-0.2, -0.15) is 13.2 Å². The van der Waals surface area contributed by atoms with E-state index >= 15 is 0 Å². The van der Waals surface area contributed by atoms with E-state index in [0.717, 1.165) is 0 Å². The summed E-state index contributed by atoms with van der Waals surface area (Å²) in [6.07, 6.45) is -4.52. The fourth-order valence-electron chi connectivity index (χ4n) is 1.87. The zero-order valence-electron chi connectivity index (χ0n) is 12.6. The van der Waals surface area contributed by atoms with Crippen LogP contribution in [0.4, 0.5) is 18.9 Å². The fraction of sp³-hybridized carbons (Fsp3) is 0.125. The highest BCUT2D eigenvalue weighted by Crippen LogP contribution is 2.30. The van der Waals surface area contributed by atoms with Crippen molar-refractivity contribution in [3.8, 4) is 5.75 Å². The number of amides is 2. The molecule has 3 N–H and O–H groups in total. The molecule has 0 saturated heterocycles. The van der Waals surface area contributed by atoms with Crippen molar-refractivity contribution < 1.29 is 27.5 Å². The molecule has 0 unspecified atom stereocenters. The maximum Gasteiger partial charge on any atom is 0.422 e. The number of anilines is 1. The van der Waals surface area contributed by atoms with Crippen LogP contribution < -0.4 is 15.8 Å². The summed E-state index contributed by atoms with van der Waals surface area (Å²) in [6.45, 7) is -1.51. The summed E-state index contributed by atoms with van der Waals surface area (Å²) < 4.78 is 41.6. The average Bonchev–Trinajstić information content (AvgIpc) is 2.53. The molecule has 0 aliphatic rings. The molecule has 0 bridgehead atoms. The van der Waals surface area contributed by atoms with Gasteiger partial charge in [0.15, 0.2) is 6.61 Å². The highest BCUT2D eigenvalue weighted by Gasteiger charge is 2.29. The molecule has 2 aromatic rings. The van der Waals surface area contributed by atoms with Gasteiger partial charge in [-0.25, -0.2) is 0 Å². The summed E-state index contributed by atoms with van der Waals surface area (Å²) in [6, 6.07) is 9.26. The number of nitrogens with two attached hydrogens (primary N) is 1. The second-order valence-corrected chi connectivity index (χ2v) is 5.38. The Morgan fingerprint density at radius 3 is 2.24 bits per heavy atom. The van der Waals surface area contributed by atoms with Crippen molar-refractivity contribution in [2.75, 3.05) is 11.9 Å². The molecule has 132 valence electrons. The van der Waals surface area contributed by atoms with Gasteiger partial charge in [-0.05, 0) is 42.5 Å². The van der Waals surface area contributed by atoms with Gasteiger partial charge in [0.2, 0.25) is 5.91 Å². The minimum Gasteiger partial charge on any atom is -0.482 e. The van der Waals surface area contributed by atoms with Crippen LogP contribution in [-0.2, 0) is 0 Å². The van der Waals surface area contributed by atoms with Crippen LogP contribution in [0.15, 0.2) is 42.5 Å². The van der Waals surface area contributed by atoms with Crippen LogP contribution in [0.25, 0.3) is 0 Å². The smallest absolute Gasteiger partial charge is 0.422 e. The number of carbonyl (C=O) groups is 2. The number of hydrogen-bond acceptors (Lipinski definition) is 3. The maximum atomic E-state index is 12.3. The minimum atomic E-state index is -4.52. The molecule has 9 heteroatoms. The van der Waals surface area contributed by atoms with Gasteiger partial charge in [-0.3, -0.25) is 9.59 Å². The first-order valence-corrected chi connectivity index (χ1v) is 7.24. The lowest BCUT2D eigenvalue weighted by Gasteiger charge is -2.14. The van der Waals surface area contributed by atoms with E-state index in [4.69, 9.17) is 17.3 Å². The lowest BCUT2D eigenvalue weighted by molar-refractivity contribution is -0.153. The molecular weight excluding hydrogens is 361 g/mol. The van der Waals surface area contributed by atoms with E-state index in [9.17, 15) is 22.8 Å². The summed E-state index contributed by atoms with van der Waals surface area (Å²) >= 11 is 5.81. The average molecular weight is 373 g/mol. The molecule has 0 atom stereocenters. The summed E-state index contributed by atoms with van der Waals surface area (Å²) in [4.78, 5) is 23.2. The largest absolute Gasteiger partial charge is 0.482 e. The molecule has 0 spiro atoms. The van der Waals surface area contributed by atoms with E-state index in [2.05, 4.69) is 10.1 Å². The van der Waals surface area contributed by atoms with Crippen LogP contribution in [0.2, 0.25) is 5.02 Å². The topological polar surface area (TPSA) is 81.4 Å². The van der Waals surface area contributed by atoms with Crippen molar-refractivity contribution in [1.29, 1.82) is 0 Å². The number of rotatable bonds is 5. The van der Waals surface area contributed by atoms with Gasteiger partial charge in [0.05, 0.1) is 5.69 Å². The summed E-state index contributed by atoms with van der Waals surface area (Å²) in [7, 11) is 0. The van der Waals surface area contributed by atoms with E-state index in [-0.39, 0.29) is 27.6 Å².